The summed E-state index contributed by atoms with van der Waals surface area (Å²) < 4.78 is 0. The van der Waals surface area contributed by atoms with Crippen LogP contribution >= 0.6 is 34.8 Å². The van der Waals surface area contributed by atoms with E-state index in [0.29, 0.717) is 23.0 Å². The van der Waals surface area contributed by atoms with Gasteiger partial charge in [-0.2, -0.15) is 0 Å². The van der Waals surface area contributed by atoms with Gasteiger partial charge in [0.2, 0.25) is 5.28 Å². The van der Waals surface area contributed by atoms with E-state index in [1.807, 2.05) is 48.5 Å². The molecule has 0 amide bonds. The lowest BCUT2D eigenvalue weighted by Gasteiger charge is -2.50. The highest BCUT2D eigenvalue weighted by Gasteiger charge is 2.44. The van der Waals surface area contributed by atoms with Gasteiger partial charge in [0.15, 0.2) is 0 Å². The summed E-state index contributed by atoms with van der Waals surface area (Å²) in [6.45, 7) is 2.80. The summed E-state index contributed by atoms with van der Waals surface area (Å²) in [5.41, 5.74) is 1.99. The van der Waals surface area contributed by atoms with Gasteiger partial charge in [-0.3, -0.25) is 0 Å². The van der Waals surface area contributed by atoms with Crippen LogP contribution in [0, 0.1) is 5.41 Å². The summed E-state index contributed by atoms with van der Waals surface area (Å²) in [4.78, 5) is 22.3. The van der Waals surface area contributed by atoms with E-state index < -0.39 is 0 Å². The normalized spacial score (nSPS) is 23.5. The maximum Gasteiger partial charge on any atom is 0.224 e. The molecule has 3 aromatic rings. The van der Waals surface area contributed by atoms with Gasteiger partial charge < -0.3 is 9.69 Å². The summed E-state index contributed by atoms with van der Waals surface area (Å²) >= 11 is 18.7. The molecule has 0 unspecified atom stereocenters. The zero-order valence-corrected chi connectivity index (χ0v) is 19.3. The van der Waals surface area contributed by atoms with E-state index in [9.17, 15) is 4.79 Å². The van der Waals surface area contributed by atoms with Crippen LogP contribution in [0.1, 0.15) is 42.9 Å². The molecule has 3 atom stereocenters. The average molecular weight is 475 g/mol. The zero-order chi connectivity index (χ0) is 22.0. The highest BCUT2D eigenvalue weighted by Crippen LogP contribution is 2.51. The van der Waals surface area contributed by atoms with Crippen molar-refractivity contribution >= 4 is 46.9 Å². The molecule has 1 aliphatic rings. The van der Waals surface area contributed by atoms with Gasteiger partial charge in [0, 0.05) is 35.1 Å². The van der Waals surface area contributed by atoms with Crippen molar-refractivity contribution in [1.29, 1.82) is 0 Å². The van der Waals surface area contributed by atoms with E-state index >= 15 is 0 Å². The second kappa shape index (κ2) is 9.15. The number of hydrogen-bond donors (Lipinski definition) is 0. The lowest BCUT2D eigenvalue weighted by molar-refractivity contribution is -0.109. The van der Waals surface area contributed by atoms with Crippen molar-refractivity contribution in [3.8, 4) is 0 Å². The van der Waals surface area contributed by atoms with E-state index in [1.165, 1.54) is 0 Å². The van der Waals surface area contributed by atoms with Crippen molar-refractivity contribution in [3.05, 3.63) is 87.2 Å². The Morgan fingerprint density at radius 1 is 1.06 bits per heavy atom. The van der Waals surface area contributed by atoms with Gasteiger partial charge in [-0.15, -0.1) is 0 Å². The van der Waals surface area contributed by atoms with Crippen LogP contribution in [-0.4, -0.2) is 22.8 Å². The molecule has 0 radical (unpaired) electrons. The Hall–Kier alpha value is -2.14. The number of hydrogen-bond acceptors (Lipinski definition) is 4. The molecule has 0 N–H and O–H groups in total. The third-order valence-electron chi connectivity index (χ3n) is 5.95. The van der Waals surface area contributed by atoms with Crippen LogP contribution in [0.3, 0.4) is 0 Å². The Morgan fingerprint density at radius 2 is 1.84 bits per heavy atom. The lowest BCUT2D eigenvalue weighted by Crippen LogP contribution is -2.48. The van der Waals surface area contributed by atoms with Gasteiger partial charge in [0.05, 0.1) is 6.04 Å². The standard InChI is InChI=1S/C24H22Cl3N3O/c1-24(10-12-31)14-20(17-3-2-4-19(26)13-17)22(16-5-7-18(25)8-6-16)30(15-24)21-9-11-28-23(27)29-21/h2-9,11-13,20,22H,10,14-15H2,1H3/t20-,22-,24+/m1/s1. The van der Waals surface area contributed by atoms with Crippen molar-refractivity contribution in [2.75, 3.05) is 11.4 Å². The fourth-order valence-corrected chi connectivity index (χ4v) is 5.07. The van der Waals surface area contributed by atoms with E-state index in [-0.39, 0.29) is 22.7 Å². The molecule has 2 aromatic carbocycles. The van der Waals surface area contributed by atoms with Crippen molar-refractivity contribution < 1.29 is 4.79 Å². The number of carbonyl (C=O) groups is 1. The summed E-state index contributed by atoms with van der Waals surface area (Å²) in [5, 5.41) is 1.56. The fraction of sp³-hybridized carbons (Fsp3) is 0.292. The second-order valence-corrected chi connectivity index (χ2v) is 9.57. The Bertz CT molecular complexity index is 1020. The third-order valence-corrected chi connectivity index (χ3v) is 6.62. The minimum atomic E-state index is -0.241. The van der Waals surface area contributed by atoms with Crippen LogP contribution in [0.25, 0.3) is 0 Å². The summed E-state index contributed by atoms with van der Waals surface area (Å²) in [6.07, 6.45) is 3.94. The molecule has 4 nitrogen and oxygen atoms in total. The first kappa shape index (κ1) is 22.1. The minimum Gasteiger partial charge on any atom is -0.348 e. The monoisotopic (exact) mass is 473 g/mol. The molecule has 1 saturated heterocycles. The number of aromatic nitrogens is 2. The molecule has 1 aromatic heterocycles. The number of benzene rings is 2. The number of aldehydes is 1. The smallest absolute Gasteiger partial charge is 0.224 e. The average Bonchev–Trinajstić information content (AvgIpc) is 2.74. The Labute approximate surface area is 197 Å². The number of carbonyl (C=O) groups excluding carboxylic acids is 1. The first-order valence-electron chi connectivity index (χ1n) is 10.1. The maximum absolute atomic E-state index is 11.6. The second-order valence-electron chi connectivity index (χ2n) is 8.36. The molecular weight excluding hydrogens is 453 g/mol. The molecule has 160 valence electrons. The Balaban J connectivity index is 1.89. The van der Waals surface area contributed by atoms with Gasteiger partial charge in [0.1, 0.15) is 12.1 Å². The van der Waals surface area contributed by atoms with E-state index in [2.05, 4.69) is 27.9 Å². The molecule has 0 bridgehead atoms. The van der Waals surface area contributed by atoms with Crippen molar-refractivity contribution in [3.63, 3.8) is 0 Å². The molecule has 31 heavy (non-hydrogen) atoms. The van der Waals surface area contributed by atoms with Gasteiger partial charge in [-0.25, -0.2) is 9.97 Å². The van der Waals surface area contributed by atoms with E-state index in [0.717, 1.165) is 29.7 Å². The molecule has 2 heterocycles. The van der Waals surface area contributed by atoms with Crippen LogP contribution in [0.15, 0.2) is 60.8 Å². The number of rotatable bonds is 5. The number of anilines is 1. The number of nitrogens with zero attached hydrogens (tertiary/aromatic N) is 3. The van der Waals surface area contributed by atoms with Gasteiger partial charge in [-0.05, 0) is 64.9 Å². The summed E-state index contributed by atoms with van der Waals surface area (Å²) in [6, 6.07) is 17.6. The predicted molar refractivity (Wildman–Crippen MR) is 126 cm³/mol. The van der Waals surface area contributed by atoms with Crippen LogP contribution in [0.4, 0.5) is 5.82 Å². The van der Waals surface area contributed by atoms with Crippen molar-refractivity contribution in [2.45, 2.75) is 31.7 Å². The first-order valence-corrected chi connectivity index (χ1v) is 11.2. The topological polar surface area (TPSA) is 46.1 Å². The van der Waals surface area contributed by atoms with Gasteiger partial charge >= 0.3 is 0 Å². The molecular formula is C24H22Cl3N3O. The molecule has 0 saturated carbocycles. The fourth-order valence-electron chi connectivity index (χ4n) is 4.60. The van der Waals surface area contributed by atoms with E-state index in [4.69, 9.17) is 34.8 Å². The van der Waals surface area contributed by atoms with Crippen molar-refractivity contribution in [1.82, 2.24) is 9.97 Å². The predicted octanol–water partition coefficient (Wildman–Crippen LogP) is 6.77. The Kier molecular flexibility index (Phi) is 6.52. The molecule has 0 aliphatic carbocycles. The quantitative estimate of drug-likeness (QED) is 0.302. The lowest BCUT2D eigenvalue weighted by atomic mass is 9.68. The van der Waals surface area contributed by atoms with Crippen LogP contribution < -0.4 is 4.90 Å². The Morgan fingerprint density at radius 3 is 2.52 bits per heavy atom. The number of halogens is 3. The van der Waals surface area contributed by atoms with Crippen LogP contribution in [0.5, 0.6) is 0 Å². The van der Waals surface area contributed by atoms with Crippen LogP contribution in [0.2, 0.25) is 15.3 Å². The first-order chi connectivity index (χ1) is 14.9. The largest absolute Gasteiger partial charge is 0.348 e. The molecule has 0 spiro atoms. The zero-order valence-electron chi connectivity index (χ0n) is 17.0. The van der Waals surface area contributed by atoms with E-state index in [1.54, 1.807) is 6.20 Å². The summed E-state index contributed by atoms with van der Waals surface area (Å²) in [5.74, 6) is 0.802. The van der Waals surface area contributed by atoms with Gasteiger partial charge in [0.25, 0.3) is 0 Å². The van der Waals surface area contributed by atoms with Gasteiger partial charge in [-0.1, -0.05) is 54.4 Å². The highest BCUT2D eigenvalue weighted by molar-refractivity contribution is 6.30. The van der Waals surface area contributed by atoms with Crippen LogP contribution in [-0.2, 0) is 4.79 Å². The number of piperidine rings is 1. The maximum atomic E-state index is 11.6. The molecule has 1 aliphatic heterocycles. The highest BCUT2D eigenvalue weighted by atomic mass is 35.5. The van der Waals surface area contributed by atoms with Crippen molar-refractivity contribution in [2.24, 2.45) is 5.41 Å². The SMILES string of the molecule is C[C@]1(CC=O)C[C@H](c2cccc(Cl)c2)[C@@H](c2ccc(Cl)cc2)N(c2ccnc(Cl)n2)C1. The molecule has 1 fully saturated rings. The third kappa shape index (κ3) is 4.87. The summed E-state index contributed by atoms with van der Waals surface area (Å²) in [7, 11) is 0. The minimum absolute atomic E-state index is 0.0403. The molecule has 7 heteroatoms. The molecule has 4 rings (SSSR count).